The Labute approximate surface area is 154 Å². The van der Waals surface area contributed by atoms with E-state index in [1.54, 1.807) is 7.11 Å². The molecule has 3 atom stereocenters. The predicted molar refractivity (Wildman–Crippen MR) is 97.0 cm³/mol. The largest absolute Gasteiger partial charge is 0.497 e. The van der Waals surface area contributed by atoms with Crippen LogP contribution in [0, 0.1) is 11.3 Å². The maximum absolute atomic E-state index is 12.5. The van der Waals surface area contributed by atoms with Crippen molar-refractivity contribution in [3.05, 3.63) is 41.0 Å². The van der Waals surface area contributed by atoms with Gasteiger partial charge in [-0.3, -0.25) is 4.79 Å². The standard InChI is InChI=1S/C21H26O5/c1-21(20(23)26-4)10-9-16-15-8-6-14(24-2)11-13(15)5-7-17(16)18(21)12-19(22)25-3/h6,8,11-12,16-17H,5,7,9-10H2,1-4H3/b18-12+/t16?,17?,21-/m0/s1. The molecule has 0 bridgehead atoms. The molecule has 0 saturated heterocycles. The van der Waals surface area contributed by atoms with Gasteiger partial charge in [0, 0.05) is 6.08 Å². The van der Waals surface area contributed by atoms with E-state index in [4.69, 9.17) is 14.2 Å². The molecule has 140 valence electrons. The second-order valence-corrected chi connectivity index (χ2v) is 7.30. The Morgan fingerprint density at radius 3 is 2.54 bits per heavy atom. The maximum Gasteiger partial charge on any atom is 0.330 e. The summed E-state index contributed by atoms with van der Waals surface area (Å²) in [5.74, 6) is 0.580. The highest BCUT2D eigenvalue weighted by Gasteiger charge is 2.49. The summed E-state index contributed by atoms with van der Waals surface area (Å²) in [6.45, 7) is 1.88. The van der Waals surface area contributed by atoms with Gasteiger partial charge in [-0.1, -0.05) is 6.07 Å². The van der Waals surface area contributed by atoms with E-state index in [-0.39, 0.29) is 11.9 Å². The molecule has 0 N–H and O–H groups in total. The minimum Gasteiger partial charge on any atom is -0.497 e. The molecular weight excluding hydrogens is 332 g/mol. The molecule has 3 rings (SSSR count). The summed E-state index contributed by atoms with van der Waals surface area (Å²) >= 11 is 0. The fraction of sp³-hybridized carbons (Fsp3) is 0.524. The van der Waals surface area contributed by atoms with Gasteiger partial charge in [-0.15, -0.1) is 0 Å². The molecule has 0 amide bonds. The number of methoxy groups -OCH3 is 3. The van der Waals surface area contributed by atoms with Crippen molar-refractivity contribution in [2.24, 2.45) is 11.3 Å². The summed E-state index contributed by atoms with van der Waals surface area (Å²) in [6.07, 6.45) is 4.83. The molecule has 1 fully saturated rings. The molecule has 1 aromatic carbocycles. The van der Waals surface area contributed by atoms with Crippen molar-refractivity contribution in [2.75, 3.05) is 21.3 Å². The second kappa shape index (κ2) is 7.14. The van der Waals surface area contributed by atoms with Gasteiger partial charge < -0.3 is 14.2 Å². The number of hydrogen-bond donors (Lipinski definition) is 0. The number of aryl methyl sites for hydroxylation is 1. The van der Waals surface area contributed by atoms with Crippen molar-refractivity contribution >= 4 is 11.9 Å². The van der Waals surface area contributed by atoms with Gasteiger partial charge in [-0.25, -0.2) is 4.79 Å². The molecule has 2 aliphatic carbocycles. The lowest BCUT2D eigenvalue weighted by Gasteiger charge is -2.46. The Hall–Kier alpha value is -2.30. The Morgan fingerprint density at radius 1 is 1.12 bits per heavy atom. The van der Waals surface area contributed by atoms with Gasteiger partial charge in [-0.2, -0.15) is 0 Å². The summed E-state index contributed by atoms with van der Waals surface area (Å²) < 4.78 is 15.3. The number of benzene rings is 1. The van der Waals surface area contributed by atoms with Crippen LogP contribution < -0.4 is 4.74 Å². The quantitative estimate of drug-likeness (QED) is 0.612. The third-order valence-corrected chi connectivity index (χ3v) is 6.06. The van der Waals surface area contributed by atoms with Crippen molar-refractivity contribution < 1.29 is 23.8 Å². The highest BCUT2D eigenvalue weighted by atomic mass is 16.5. The van der Waals surface area contributed by atoms with Crippen LogP contribution in [-0.2, 0) is 25.5 Å². The third-order valence-electron chi connectivity index (χ3n) is 6.06. The summed E-state index contributed by atoms with van der Waals surface area (Å²) in [4.78, 5) is 24.6. The fourth-order valence-electron chi connectivity index (χ4n) is 4.64. The first kappa shape index (κ1) is 18.5. The van der Waals surface area contributed by atoms with E-state index in [1.165, 1.54) is 31.4 Å². The zero-order chi connectivity index (χ0) is 18.9. The molecule has 1 aromatic rings. The molecule has 0 radical (unpaired) electrons. The minimum atomic E-state index is -0.784. The van der Waals surface area contributed by atoms with Crippen LogP contribution >= 0.6 is 0 Å². The summed E-state index contributed by atoms with van der Waals surface area (Å²) in [5.41, 5.74) is 2.65. The molecule has 2 unspecified atom stereocenters. The number of carbonyl (C=O) groups is 2. The van der Waals surface area contributed by atoms with Crippen LogP contribution in [0.3, 0.4) is 0 Å². The SMILES string of the molecule is COC(=O)/C=C1\C2CCc3cc(OC)ccc3C2CC[C@]1(C)C(=O)OC. The van der Waals surface area contributed by atoms with Crippen molar-refractivity contribution in [1.29, 1.82) is 0 Å². The fourth-order valence-corrected chi connectivity index (χ4v) is 4.64. The van der Waals surface area contributed by atoms with Gasteiger partial charge >= 0.3 is 11.9 Å². The van der Waals surface area contributed by atoms with Crippen LogP contribution in [0.4, 0.5) is 0 Å². The van der Waals surface area contributed by atoms with Crippen LogP contribution in [0.2, 0.25) is 0 Å². The molecular formula is C21H26O5. The third kappa shape index (κ3) is 3.00. The first-order chi connectivity index (χ1) is 12.4. The maximum atomic E-state index is 12.5. The molecule has 0 spiro atoms. The first-order valence-corrected chi connectivity index (χ1v) is 9.00. The molecule has 0 aliphatic heterocycles. The summed E-state index contributed by atoms with van der Waals surface area (Å²) in [5, 5.41) is 0. The van der Waals surface area contributed by atoms with Crippen molar-refractivity contribution in [3.63, 3.8) is 0 Å². The molecule has 5 nitrogen and oxygen atoms in total. The van der Waals surface area contributed by atoms with Crippen molar-refractivity contribution in [3.8, 4) is 5.75 Å². The van der Waals surface area contributed by atoms with Gasteiger partial charge in [0.15, 0.2) is 0 Å². The van der Waals surface area contributed by atoms with Gasteiger partial charge in [0.1, 0.15) is 5.75 Å². The zero-order valence-corrected chi connectivity index (χ0v) is 15.8. The smallest absolute Gasteiger partial charge is 0.330 e. The van der Waals surface area contributed by atoms with Crippen LogP contribution in [0.15, 0.2) is 29.8 Å². The number of rotatable bonds is 3. The molecule has 0 aromatic heterocycles. The molecule has 2 aliphatic rings. The van der Waals surface area contributed by atoms with Crippen molar-refractivity contribution in [2.45, 2.75) is 38.5 Å². The van der Waals surface area contributed by atoms with E-state index in [2.05, 4.69) is 12.1 Å². The van der Waals surface area contributed by atoms with Crippen LogP contribution in [-0.4, -0.2) is 33.3 Å². The van der Waals surface area contributed by atoms with Gasteiger partial charge in [0.25, 0.3) is 0 Å². The van der Waals surface area contributed by atoms with E-state index in [0.717, 1.165) is 30.6 Å². The lowest BCUT2D eigenvalue weighted by molar-refractivity contribution is -0.151. The highest BCUT2D eigenvalue weighted by Crippen LogP contribution is 2.55. The predicted octanol–water partition coefficient (Wildman–Crippen LogP) is 3.41. The Bertz CT molecular complexity index is 751. The highest BCUT2D eigenvalue weighted by molar-refractivity contribution is 5.87. The number of ether oxygens (including phenoxy) is 3. The average Bonchev–Trinajstić information content (AvgIpc) is 2.68. The number of carbonyl (C=O) groups excluding carboxylic acids is 2. The van der Waals surface area contributed by atoms with E-state index >= 15 is 0 Å². The van der Waals surface area contributed by atoms with Crippen LogP contribution in [0.1, 0.15) is 43.2 Å². The number of hydrogen-bond acceptors (Lipinski definition) is 5. The van der Waals surface area contributed by atoms with Crippen LogP contribution in [0.25, 0.3) is 0 Å². The number of esters is 2. The van der Waals surface area contributed by atoms with Gasteiger partial charge in [0.05, 0.1) is 26.7 Å². The lowest BCUT2D eigenvalue weighted by atomic mass is 9.57. The van der Waals surface area contributed by atoms with E-state index in [9.17, 15) is 9.59 Å². The van der Waals surface area contributed by atoms with Crippen LogP contribution in [0.5, 0.6) is 5.75 Å². The number of fused-ring (bicyclic) bond motifs is 3. The zero-order valence-electron chi connectivity index (χ0n) is 15.8. The van der Waals surface area contributed by atoms with Crippen molar-refractivity contribution in [1.82, 2.24) is 0 Å². The van der Waals surface area contributed by atoms with Gasteiger partial charge in [0.2, 0.25) is 0 Å². The lowest BCUT2D eigenvalue weighted by Crippen LogP contribution is -2.42. The Morgan fingerprint density at radius 2 is 1.88 bits per heavy atom. The van der Waals surface area contributed by atoms with Gasteiger partial charge in [-0.05, 0) is 73.3 Å². The Kier molecular flexibility index (Phi) is 5.08. The molecule has 26 heavy (non-hydrogen) atoms. The molecule has 5 heteroatoms. The topological polar surface area (TPSA) is 61.8 Å². The minimum absolute atomic E-state index is 0.132. The molecule has 0 heterocycles. The van der Waals surface area contributed by atoms with E-state index in [0.29, 0.717) is 12.3 Å². The Balaban J connectivity index is 2.04. The summed E-state index contributed by atoms with van der Waals surface area (Å²) in [7, 11) is 4.43. The van der Waals surface area contributed by atoms with E-state index in [1.807, 2.05) is 13.0 Å². The second-order valence-electron chi connectivity index (χ2n) is 7.30. The normalized spacial score (nSPS) is 28.7. The van der Waals surface area contributed by atoms with E-state index < -0.39 is 11.4 Å². The molecule has 1 saturated carbocycles. The monoisotopic (exact) mass is 358 g/mol. The first-order valence-electron chi connectivity index (χ1n) is 9.00. The average molecular weight is 358 g/mol. The summed E-state index contributed by atoms with van der Waals surface area (Å²) in [6, 6.07) is 6.21.